The van der Waals surface area contributed by atoms with Crippen LogP contribution in [-0.4, -0.2) is 47.9 Å². The van der Waals surface area contributed by atoms with Crippen LogP contribution in [-0.2, 0) is 9.59 Å². The standard InChI is InChI=1S/C10H14N4O2S/c15-8(13-10-12-3-6-17-10)7-9(16)14-4-1-11-2-5-14/h3,6,11H,1-2,4-5,7H2,(H,12,13,15). The first-order chi connectivity index (χ1) is 8.25. The fourth-order valence-corrected chi connectivity index (χ4v) is 2.16. The van der Waals surface area contributed by atoms with Crippen LogP contribution in [0.3, 0.4) is 0 Å². The third-order valence-electron chi connectivity index (χ3n) is 2.46. The van der Waals surface area contributed by atoms with E-state index in [4.69, 9.17) is 0 Å². The summed E-state index contributed by atoms with van der Waals surface area (Å²) in [5, 5.41) is 8.06. The second-order valence-corrected chi connectivity index (χ2v) is 4.59. The molecule has 0 aromatic carbocycles. The number of thiazole rings is 1. The Bertz CT molecular complexity index is 387. The lowest BCUT2D eigenvalue weighted by molar-refractivity contribution is -0.135. The van der Waals surface area contributed by atoms with Gasteiger partial charge in [-0.1, -0.05) is 0 Å². The van der Waals surface area contributed by atoms with Crippen LogP contribution >= 0.6 is 11.3 Å². The average molecular weight is 254 g/mol. The molecule has 0 spiro atoms. The summed E-state index contributed by atoms with van der Waals surface area (Å²) in [5.74, 6) is -0.427. The first kappa shape index (κ1) is 12.0. The molecule has 1 saturated heterocycles. The zero-order chi connectivity index (χ0) is 12.1. The van der Waals surface area contributed by atoms with Crippen molar-refractivity contribution in [2.75, 3.05) is 31.5 Å². The number of rotatable bonds is 3. The predicted octanol–water partition coefficient (Wildman–Crippen LogP) is -0.0965. The minimum Gasteiger partial charge on any atom is -0.340 e. The molecule has 2 amide bonds. The number of nitrogens with one attached hydrogen (secondary N) is 2. The van der Waals surface area contributed by atoms with E-state index in [1.165, 1.54) is 11.3 Å². The zero-order valence-electron chi connectivity index (χ0n) is 9.31. The van der Waals surface area contributed by atoms with E-state index in [0.717, 1.165) is 13.1 Å². The highest BCUT2D eigenvalue weighted by molar-refractivity contribution is 7.13. The summed E-state index contributed by atoms with van der Waals surface area (Å²) in [4.78, 5) is 28.9. The summed E-state index contributed by atoms with van der Waals surface area (Å²) in [6.45, 7) is 2.92. The zero-order valence-corrected chi connectivity index (χ0v) is 10.1. The van der Waals surface area contributed by atoms with E-state index in [-0.39, 0.29) is 18.2 Å². The number of anilines is 1. The Kier molecular flexibility index (Phi) is 4.05. The van der Waals surface area contributed by atoms with Crippen molar-refractivity contribution in [1.29, 1.82) is 0 Å². The first-order valence-corrected chi connectivity index (χ1v) is 6.31. The normalized spacial score (nSPS) is 15.6. The molecule has 0 aliphatic carbocycles. The van der Waals surface area contributed by atoms with Gasteiger partial charge in [-0.15, -0.1) is 11.3 Å². The number of nitrogens with zero attached hydrogens (tertiary/aromatic N) is 2. The Morgan fingerprint density at radius 2 is 2.24 bits per heavy atom. The van der Waals surface area contributed by atoms with Gasteiger partial charge < -0.3 is 15.5 Å². The molecule has 0 unspecified atom stereocenters. The van der Waals surface area contributed by atoms with Crippen molar-refractivity contribution in [3.8, 4) is 0 Å². The van der Waals surface area contributed by atoms with E-state index in [2.05, 4.69) is 15.6 Å². The molecule has 2 rings (SSSR count). The van der Waals surface area contributed by atoms with E-state index in [0.29, 0.717) is 18.2 Å². The van der Waals surface area contributed by atoms with Crippen molar-refractivity contribution in [1.82, 2.24) is 15.2 Å². The van der Waals surface area contributed by atoms with Gasteiger partial charge in [0.25, 0.3) is 0 Å². The number of carbonyl (C=O) groups excluding carboxylic acids is 2. The van der Waals surface area contributed by atoms with E-state index in [9.17, 15) is 9.59 Å². The first-order valence-electron chi connectivity index (χ1n) is 5.43. The highest BCUT2D eigenvalue weighted by Gasteiger charge is 2.19. The van der Waals surface area contributed by atoms with Gasteiger partial charge >= 0.3 is 0 Å². The van der Waals surface area contributed by atoms with Crippen LogP contribution in [0.1, 0.15) is 6.42 Å². The molecular formula is C10H14N4O2S. The number of piperazine rings is 1. The predicted molar refractivity (Wildman–Crippen MR) is 64.8 cm³/mol. The smallest absolute Gasteiger partial charge is 0.235 e. The molecular weight excluding hydrogens is 240 g/mol. The maximum atomic E-state index is 11.8. The Hall–Kier alpha value is -1.47. The topological polar surface area (TPSA) is 74.3 Å². The van der Waals surface area contributed by atoms with Crippen LogP contribution in [0.15, 0.2) is 11.6 Å². The molecule has 7 heteroatoms. The summed E-state index contributed by atoms with van der Waals surface area (Å²) < 4.78 is 0. The Balaban J connectivity index is 1.79. The second kappa shape index (κ2) is 5.74. The molecule has 1 aliphatic heterocycles. The minimum absolute atomic E-state index is 0.112. The molecule has 2 N–H and O–H groups in total. The van der Waals surface area contributed by atoms with Gasteiger partial charge in [-0.3, -0.25) is 9.59 Å². The van der Waals surface area contributed by atoms with Crippen molar-refractivity contribution in [2.24, 2.45) is 0 Å². The van der Waals surface area contributed by atoms with E-state index in [1.54, 1.807) is 16.5 Å². The molecule has 92 valence electrons. The minimum atomic E-state index is -0.302. The van der Waals surface area contributed by atoms with Crippen LogP contribution in [0.2, 0.25) is 0 Å². The van der Waals surface area contributed by atoms with E-state index < -0.39 is 0 Å². The highest BCUT2D eigenvalue weighted by Crippen LogP contribution is 2.10. The van der Waals surface area contributed by atoms with Gasteiger partial charge in [0.2, 0.25) is 11.8 Å². The number of aromatic nitrogens is 1. The fraction of sp³-hybridized carbons (Fsp3) is 0.500. The molecule has 2 heterocycles. The third-order valence-corrected chi connectivity index (χ3v) is 3.15. The van der Waals surface area contributed by atoms with Gasteiger partial charge in [0.1, 0.15) is 6.42 Å². The van der Waals surface area contributed by atoms with Gasteiger partial charge in [-0.25, -0.2) is 4.98 Å². The molecule has 17 heavy (non-hydrogen) atoms. The molecule has 1 fully saturated rings. The maximum Gasteiger partial charge on any atom is 0.235 e. The van der Waals surface area contributed by atoms with Crippen molar-refractivity contribution >= 4 is 28.3 Å². The van der Waals surface area contributed by atoms with Crippen LogP contribution < -0.4 is 10.6 Å². The lowest BCUT2D eigenvalue weighted by Gasteiger charge is -2.27. The van der Waals surface area contributed by atoms with Crippen molar-refractivity contribution in [3.63, 3.8) is 0 Å². The van der Waals surface area contributed by atoms with Crippen LogP contribution in [0.5, 0.6) is 0 Å². The highest BCUT2D eigenvalue weighted by atomic mass is 32.1. The van der Waals surface area contributed by atoms with Gasteiger partial charge in [-0.2, -0.15) is 0 Å². The molecule has 0 atom stereocenters. The van der Waals surface area contributed by atoms with E-state index >= 15 is 0 Å². The summed E-state index contributed by atoms with van der Waals surface area (Å²) in [6, 6.07) is 0. The Morgan fingerprint density at radius 3 is 2.88 bits per heavy atom. The number of amides is 2. The van der Waals surface area contributed by atoms with Crippen LogP contribution in [0, 0.1) is 0 Å². The second-order valence-electron chi connectivity index (χ2n) is 3.69. The van der Waals surface area contributed by atoms with Gasteiger partial charge in [-0.05, 0) is 0 Å². The lowest BCUT2D eigenvalue weighted by atomic mass is 10.3. The molecule has 0 saturated carbocycles. The summed E-state index contributed by atoms with van der Waals surface area (Å²) in [5.41, 5.74) is 0. The van der Waals surface area contributed by atoms with Crippen molar-refractivity contribution in [2.45, 2.75) is 6.42 Å². The molecule has 0 bridgehead atoms. The largest absolute Gasteiger partial charge is 0.340 e. The van der Waals surface area contributed by atoms with Crippen molar-refractivity contribution < 1.29 is 9.59 Å². The summed E-state index contributed by atoms with van der Waals surface area (Å²) in [7, 11) is 0. The molecule has 1 aromatic rings. The average Bonchev–Trinajstić information content (AvgIpc) is 2.82. The van der Waals surface area contributed by atoms with Crippen LogP contribution in [0.25, 0.3) is 0 Å². The maximum absolute atomic E-state index is 11.8. The number of carbonyl (C=O) groups is 2. The van der Waals surface area contributed by atoms with E-state index in [1.807, 2.05) is 0 Å². The van der Waals surface area contributed by atoms with Crippen molar-refractivity contribution in [3.05, 3.63) is 11.6 Å². The molecule has 1 aliphatic rings. The van der Waals surface area contributed by atoms with Gasteiger partial charge in [0.15, 0.2) is 5.13 Å². The fourth-order valence-electron chi connectivity index (χ4n) is 1.61. The van der Waals surface area contributed by atoms with Crippen LogP contribution in [0.4, 0.5) is 5.13 Å². The Labute approximate surface area is 103 Å². The molecule has 1 aromatic heterocycles. The molecule has 6 nitrogen and oxygen atoms in total. The SMILES string of the molecule is O=C(CC(=O)N1CCNCC1)Nc1nccs1. The monoisotopic (exact) mass is 254 g/mol. The number of hydrogen-bond donors (Lipinski definition) is 2. The number of hydrogen-bond acceptors (Lipinski definition) is 5. The third kappa shape index (κ3) is 3.50. The lowest BCUT2D eigenvalue weighted by Crippen LogP contribution is -2.47. The Morgan fingerprint density at radius 1 is 1.47 bits per heavy atom. The molecule has 0 radical (unpaired) electrons. The quantitative estimate of drug-likeness (QED) is 0.739. The summed E-state index contributed by atoms with van der Waals surface area (Å²) in [6.07, 6.45) is 1.50. The van der Waals surface area contributed by atoms with Gasteiger partial charge in [0, 0.05) is 37.8 Å². The summed E-state index contributed by atoms with van der Waals surface area (Å²) >= 11 is 1.34. The van der Waals surface area contributed by atoms with Gasteiger partial charge in [0.05, 0.1) is 0 Å².